The summed E-state index contributed by atoms with van der Waals surface area (Å²) in [5, 5.41) is 7.53. The molecule has 6 heteroatoms. The molecule has 0 atom stereocenters. The van der Waals surface area contributed by atoms with Crippen molar-refractivity contribution in [2.24, 2.45) is 5.41 Å². The number of hydrogen-bond donors (Lipinski definition) is 2. The maximum absolute atomic E-state index is 5.16. The molecule has 0 bridgehead atoms. The number of nitrogens with one attached hydrogen (secondary N) is 2. The van der Waals surface area contributed by atoms with E-state index in [0.29, 0.717) is 0 Å². The fraction of sp³-hybridized carbons (Fsp3) is 0.733. The number of anilines is 2. The minimum absolute atomic E-state index is 0.164. The molecule has 0 aliphatic carbocycles. The molecule has 0 saturated carbocycles. The van der Waals surface area contributed by atoms with Gasteiger partial charge in [0.2, 0.25) is 0 Å². The quantitative estimate of drug-likeness (QED) is 0.509. The van der Waals surface area contributed by atoms with Crippen molar-refractivity contribution < 1.29 is 4.74 Å². The van der Waals surface area contributed by atoms with Crippen LogP contribution in [0.4, 0.5) is 11.6 Å². The normalized spacial score (nSPS) is 11.5. The number of hydrogen-bond acceptors (Lipinski definition) is 6. The Balaban J connectivity index is 2.68. The Morgan fingerprint density at radius 1 is 1.24 bits per heavy atom. The van der Waals surface area contributed by atoms with Crippen LogP contribution in [-0.4, -0.2) is 43.0 Å². The molecule has 0 fully saturated rings. The molecule has 0 aromatic carbocycles. The van der Waals surface area contributed by atoms with Crippen LogP contribution in [0.25, 0.3) is 0 Å². The molecule has 0 spiro atoms. The largest absolute Gasteiger partial charge is 0.385 e. The van der Waals surface area contributed by atoms with Gasteiger partial charge in [0.25, 0.3) is 0 Å². The van der Waals surface area contributed by atoms with E-state index in [2.05, 4.69) is 41.4 Å². The SMILES string of the molecule is CCCNc1cc(NCC(C)(C)CCOC)nc(SC)n1. The zero-order chi connectivity index (χ0) is 15.7. The predicted octanol–water partition coefficient (Wildman–Crippen LogP) is 3.50. The minimum atomic E-state index is 0.164. The van der Waals surface area contributed by atoms with Gasteiger partial charge in [-0.2, -0.15) is 0 Å². The highest BCUT2D eigenvalue weighted by molar-refractivity contribution is 7.98. The number of nitrogens with zero attached hydrogens (tertiary/aromatic N) is 2. The number of thioether (sulfide) groups is 1. The average molecular weight is 312 g/mol. The van der Waals surface area contributed by atoms with Crippen molar-refractivity contribution in [2.45, 2.75) is 38.8 Å². The number of aromatic nitrogens is 2. The van der Waals surface area contributed by atoms with Crippen molar-refractivity contribution in [2.75, 3.05) is 43.7 Å². The van der Waals surface area contributed by atoms with Gasteiger partial charge in [-0.25, -0.2) is 9.97 Å². The second kappa shape index (κ2) is 9.10. The topological polar surface area (TPSA) is 59.1 Å². The third-order valence-electron chi connectivity index (χ3n) is 3.18. The van der Waals surface area contributed by atoms with Crippen LogP contribution in [0.3, 0.4) is 0 Å². The van der Waals surface area contributed by atoms with Crippen molar-refractivity contribution in [3.63, 3.8) is 0 Å². The lowest BCUT2D eigenvalue weighted by Gasteiger charge is -2.25. The summed E-state index contributed by atoms with van der Waals surface area (Å²) >= 11 is 1.56. The summed E-state index contributed by atoms with van der Waals surface area (Å²) in [4.78, 5) is 8.98. The first-order chi connectivity index (χ1) is 10.0. The van der Waals surface area contributed by atoms with Crippen LogP contribution in [0, 0.1) is 5.41 Å². The molecular weight excluding hydrogens is 284 g/mol. The van der Waals surface area contributed by atoms with E-state index in [1.54, 1.807) is 18.9 Å². The van der Waals surface area contributed by atoms with Crippen LogP contribution in [0.1, 0.15) is 33.6 Å². The van der Waals surface area contributed by atoms with Crippen LogP contribution >= 0.6 is 11.8 Å². The van der Waals surface area contributed by atoms with E-state index >= 15 is 0 Å². The number of methoxy groups -OCH3 is 1. The predicted molar refractivity (Wildman–Crippen MR) is 91.4 cm³/mol. The fourth-order valence-electron chi connectivity index (χ4n) is 1.75. The third kappa shape index (κ3) is 7.00. The highest BCUT2D eigenvalue weighted by Gasteiger charge is 2.17. The second-order valence-corrected chi connectivity index (χ2v) is 6.59. The number of ether oxygens (including phenoxy) is 1. The molecule has 2 N–H and O–H groups in total. The Kier molecular flexibility index (Phi) is 7.82. The molecule has 0 radical (unpaired) electrons. The van der Waals surface area contributed by atoms with Crippen molar-refractivity contribution >= 4 is 23.4 Å². The second-order valence-electron chi connectivity index (χ2n) is 5.81. The Labute approximate surface area is 132 Å². The maximum Gasteiger partial charge on any atom is 0.191 e. The Hall–Kier alpha value is -1.01. The Morgan fingerprint density at radius 3 is 2.48 bits per heavy atom. The van der Waals surface area contributed by atoms with Crippen LogP contribution in [-0.2, 0) is 4.74 Å². The molecule has 0 unspecified atom stereocenters. The zero-order valence-electron chi connectivity index (χ0n) is 13.8. The van der Waals surface area contributed by atoms with Gasteiger partial charge >= 0.3 is 0 Å². The van der Waals surface area contributed by atoms with Crippen LogP contribution in [0.5, 0.6) is 0 Å². The van der Waals surface area contributed by atoms with E-state index in [1.165, 1.54) is 0 Å². The molecule has 0 aliphatic rings. The Bertz CT molecular complexity index is 426. The van der Waals surface area contributed by atoms with Crippen molar-refractivity contribution in [3.05, 3.63) is 6.07 Å². The van der Waals surface area contributed by atoms with Gasteiger partial charge in [-0.3, -0.25) is 0 Å². The van der Waals surface area contributed by atoms with Crippen LogP contribution in [0.15, 0.2) is 11.2 Å². The first kappa shape index (κ1) is 18.0. The molecule has 21 heavy (non-hydrogen) atoms. The van der Waals surface area contributed by atoms with Crippen molar-refractivity contribution in [1.82, 2.24) is 9.97 Å². The molecule has 0 saturated heterocycles. The summed E-state index contributed by atoms with van der Waals surface area (Å²) in [6, 6.07) is 1.97. The summed E-state index contributed by atoms with van der Waals surface area (Å²) in [7, 11) is 1.74. The molecule has 5 nitrogen and oxygen atoms in total. The molecule has 0 amide bonds. The van der Waals surface area contributed by atoms with Crippen molar-refractivity contribution in [1.29, 1.82) is 0 Å². The van der Waals surface area contributed by atoms with Gasteiger partial charge in [0.15, 0.2) is 5.16 Å². The molecule has 1 aromatic heterocycles. The van der Waals surface area contributed by atoms with Crippen molar-refractivity contribution in [3.8, 4) is 0 Å². The highest BCUT2D eigenvalue weighted by Crippen LogP contribution is 2.22. The smallest absolute Gasteiger partial charge is 0.191 e. The van der Waals surface area contributed by atoms with Gasteiger partial charge in [0, 0.05) is 32.9 Å². The van der Waals surface area contributed by atoms with Crippen LogP contribution in [0.2, 0.25) is 0 Å². The van der Waals surface area contributed by atoms with Crippen LogP contribution < -0.4 is 10.6 Å². The van der Waals surface area contributed by atoms with E-state index < -0.39 is 0 Å². The summed E-state index contributed by atoms with van der Waals surface area (Å²) in [5.74, 6) is 1.76. The van der Waals surface area contributed by atoms with Gasteiger partial charge in [-0.15, -0.1) is 0 Å². The van der Waals surface area contributed by atoms with E-state index in [1.807, 2.05) is 12.3 Å². The lowest BCUT2D eigenvalue weighted by atomic mass is 9.90. The summed E-state index contributed by atoms with van der Waals surface area (Å²) in [6.07, 6.45) is 4.08. The average Bonchev–Trinajstić information content (AvgIpc) is 2.49. The standard InChI is InChI=1S/C15H28N4OS/c1-6-8-16-12-10-13(19-14(18-12)21-5)17-11-15(2,3)7-9-20-4/h10H,6-9,11H2,1-5H3,(H2,16,17,18,19). The highest BCUT2D eigenvalue weighted by atomic mass is 32.2. The zero-order valence-corrected chi connectivity index (χ0v) is 14.6. The third-order valence-corrected chi connectivity index (χ3v) is 3.72. The van der Waals surface area contributed by atoms with Gasteiger partial charge in [0.05, 0.1) is 0 Å². The molecule has 1 rings (SSSR count). The summed E-state index contributed by atoms with van der Waals surface area (Å²) < 4.78 is 5.16. The molecule has 1 heterocycles. The lowest BCUT2D eigenvalue weighted by molar-refractivity contribution is 0.157. The minimum Gasteiger partial charge on any atom is -0.385 e. The van der Waals surface area contributed by atoms with E-state index in [0.717, 1.165) is 49.3 Å². The fourth-order valence-corrected chi connectivity index (χ4v) is 2.13. The lowest BCUT2D eigenvalue weighted by Crippen LogP contribution is -2.25. The molecular formula is C15H28N4OS. The first-order valence-electron chi connectivity index (χ1n) is 7.40. The van der Waals surface area contributed by atoms with E-state index in [4.69, 9.17) is 4.74 Å². The molecule has 120 valence electrons. The molecule has 0 aliphatic heterocycles. The van der Waals surface area contributed by atoms with Gasteiger partial charge in [0.1, 0.15) is 11.6 Å². The first-order valence-corrected chi connectivity index (χ1v) is 8.63. The number of rotatable bonds is 10. The van der Waals surface area contributed by atoms with E-state index in [9.17, 15) is 0 Å². The Morgan fingerprint density at radius 2 is 1.90 bits per heavy atom. The maximum atomic E-state index is 5.16. The summed E-state index contributed by atoms with van der Waals surface area (Å²) in [5.41, 5.74) is 0.164. The monoisotopic (exact) mass is 312 g/mol. The summed E-state index contributed by atoms with van der Waals surface area (Å²) in [6.45, 7) is 9.15. The van der Waals surface area contributed by atoms with E-state index in [-0.39, 0.29) is 5.41 Å². The van der Waals surface area contributed by atoms with Gasteiger partial charge in [-0.05, 0) is 24.5 Å². The molecule has 1 aromatic rings. The van der Waals surface area contributed by atoms with Gasteiger partial charge < -0.3 is 15.4 Å². The van der Waals surface area contributed by atoms with Gasteiger partial charge in [-0.1, -0.05) is 32.5 Å².